The van der Waals surface area contributed by atoms with E-state index in [4.69, 9.17) is 0 Å². The van der Waals surface area contributed by atoms with Crippen molar-refractivity contribution in [2.45, 2.75) is 36.8 Å². The zero-order valence-corrected chi connectivity index (χ0v) is 12.6. The molecular formula is C15H17NO3S. The van der Waals surface area contributed by atoms with Gasteiger partial charge in [-0.3, -0.25) is 14.4 Å². The fraction of sp³-hybridized carbons (Fsp3) is 0.400. The van der Waals surface area contributed by atoms with Crippen LogP contribution in [-0.2, 0) is 9.59 Å². The van der Waals surface area contributed by atoms with E-state index in [1.54, 1.807) is 23.1 Å². The Morgan fingerprint density at radius 3 is 2.70 bits per heavy atom. The van der Waals surface area contributed by atoms with Crippen molar-refractivity contribution in [3.63, 3.8) is 0 Å². The van der Waals surface area contributed by atoms with Crippen LogP contribution >= 0.6 is 11.8 Å². The summed E-state index contributed by atoms with van der Waals surface area (Å²) in [6.07, 6.45) is 1.13. The molecule has 1 aliphatic heterocycles. The van der Waals surface area contributed by atoms with Gasteiger partial charge in [-0.1, -0.05) is 0 Å². The van der Waals surface area contributed by atoms with E-state index in [0.717, 1.165) is 16.9 Å². The fourth-order valence-electron chi connectivity index (χ4n) is 2.15. The van der Waals surface area contributed by atoms with Crippen LogP contribution in [0, 0.1) is 0 Å². The van der Waals surface area contributed by atoms with Gasteiger partial charge in [-0.05, 0) is 39.0 Å². The Morgan fingerprint density at radius 1 is 1.40 bits per heavy atom. The van der Waals surface area contributed by atoms with Crippen LogP contribution in [0.15, 0.2) is 23.1 Å². The summed E-state index contributed by atoms with van der Waals surface area (Å²) in [6, 6.07) is 5.26. The minimum atomic E-state index is -0.592. The Morgan fingerprint density at radius 2 is 2.10 bits per heavy atom. The van der Waals surface area contributed by atoms with Crippen molar-refractivity contribution in [3.8, 4) is 0 Å². The number of Topliss-reactive ketones (excluding diaryl/α,β-unsaturated/α-hetero) is 1. The van der Waals surface area contributed by atoms with Crippen molar-refractivity contribution < 1.29 is 14.4 Å². The largest absolute Gasteiger partial charge is 0.310 e. The number of hydrogen-bond donors (Lipinski definition) is 0. The first-order valence-electron chi connectivity index (χ1n) is 6.45. The number of anilines is 1. The second kappa shape index (κ2) is 5.40. The fourth-order valence-corrected chi connectivity index (χ4v) is 3.38. The number of hydrogen-bond acceptors (Lipinski definition) is 4. The second-order valence-electron chi connectivity index (χ2n) is 5.37. The number of fused-ring (bicyclic) bond motifs is 1. The van der Waals surface area contributed by atoms with Crippen LogP contribution in [0.1, 0.15) is 37.6 Å². The summed E-state index contributed by atoms with van der Waals surface area (Å²) in [5.74, 6) is 0.0509. The molecule has 4 nitrogen and oxygen atoms in total. The maximum absolute atomic E-state index is 12.5. The van der Waals surface area contributed by atoms with Gasteiger partial charge in [0.15, 0.2) is 0 Å². The van der Waals surface area contributed by atoms with E-state index < -0.39 is 4.75 Å². The molecule has 1 amide bonds. The van der Waals surface area contributed by atoms with E-state index in [1.807, 2.05) is 13.8 Å². The van der Waals surface area contributed by atoms with Gasteiger partial charge in [0.25, 0.3) is 0 Å². The van der Waals surface area contributed by atoms with Gasteiger partial charge >= 0.3 is 0 Å². The minimum Gasteiger partial charge on any atom is -0.310 e. The lowest BCUT2D eigenvalue weighted by Crippen LogP contribution is -2.47. The summed E-state index contributed by atoms with van der Waals surface area (Å²) < 4.78 is -0.592. The lowest BCUT2D eigenvalue weighted by molar-refractivity contribution is -0.120. The number of ketones is 1. The van der Waals surface area contributed by atoms with Gasteiger partial charge in [0.2, 0.25) is 5.91 Å². The minimum absolute atomic E-state index is 0.00453. The number of amides is 1. The number of rotatable bonds is 4. The normalized spacial score (nSPS) is 16.8. The average Bonchev–Trinajstić information content (AvgIpc) is 2.38. The molecule has 0 spiro atoms. The predicted octanol–water partition coefficient (Wildman–Crippen LogP) is 2.70. The van der Waals surface area contributed by atoms with E-state index in [-0.39, 0.29) is 11.7 Å². The molecular weight excluding hydrogens is 274 g/mol. The van der Waals surface area contributed by atoms with E-state index in [9.17, 15) is 14.4 Å². The molecule has 106 valence electrons. The molecule has 0 aromatic heterocycles. The van der Waals surface area contributed by atoms with Gasteiger partial charge in [0.1, 0.15) is 12.1 Å². The predicted molar refractivity (Wildman–Crippen MR) is 79.4 cm³/mol. The van der Waals surface area contributed by atoms with Gasteiger partial charge in [-0.15, -0.1) is 11.8 Å². The molecule has 0 bridgehead atoms. The first-order chi connectivity index (χ1) is 9.35. The summed E-state index contributed by atoms with van der Waals surface area (Å²) in [4.78, 5) is 37.1. The second-order valence-corrected chi connectivity index (χ2v) is 7.03. The standard InChI is InChI=1S/C15H17NO3S/c1-10(18)6-7-16-12-5-4-11(9-17)8-13(12)20-15(2,3)14(16)19/h4-5,8-9H,6-7H2,1-3H3. The molecule has 0 radical (unpaired) electrons. The molecule has 1 aromatic carbocycles. The van der Waals surface area contributed by atoms with Crippen LogP contribution in [0.5, 0.6) is 0 Å². The molecule has 0 N–H and O–H groups in total. The van der Waals surface area contributed by atoms with E-state index in [2.05, 4.69) is 0 Å². The summed E-state index contributed by atoms with van der Waals surface area (Å²) in [5.41, 5.74) is 1.37. The van der Waals surface area contributed by atoms with Crippen LogP contribution in [-0.4, -0.2) is 29.3 Å². The molecule has 2 rings (SSSR count). The number of aldehydes is 1. The molecule has 0 fully saturated rings. The number of benzene rings is 1. The lowest BCUT2D eigenvalue weighted by Gasteiger charge is -2.38. The quantitative estimate of drug-likeness (QED) is 0.800. The summed E-state index contributed by atoms with van der Waals surface area (Å²) in [6.45, 7) is 5.62. The van der Waals surface area contributed by atoms with Gasteiger partial charge < -0.3 is 4.90 Å². The number of nitrogens with zero attached hydrogens (tertiary/aromatic N) is 1. The molecule has 20 heavy (non-hydrogen) atoms. The summed E-state index contributed by atoms with van der Waals surface area (Å²) in [5, 5.41) is 0. The van der Waals surface area contributed by atoms with E-state index in [0.29, 0.717) is 18.5 Å². The van der Waals surface area contributed by atoms with E-state index >= 15 is 0 Å². The Bertz CT molecular complexity index is 580. The van der Waals surface area contributed by atoms with Crippen molar-refractivity contribution in [2.75, 3.05) is 11.4 Å². The Hall–Kier alpha value is -1.62. The molecule has 0 atom stereocenters. The first kappa shape index (κ1) is 14.8. The van der Waals surface area contributed by atoms with Gasteiger partial charge in [-0.2, -0.15) is 0 Å². The summed E-state index contributed by atoms with van der Waals surface area (Å²) in [7, 11) is 0. The molecule has 1 aromatic rings. The van der Waals surface area contributed by atoms with Crippen LogP contribution in [0.4, 0.5) is 5.69 Å². The van der Waals surface area contributed by atoms with Gasteiger partial charge in [0.05, 0.1) is 10.4 Å². The van der Waals surface area contributed by atoms with Gasteiger partial charge in [-0.25, -0.2) is 0 Å². The van der Waals surface area contributed by atoms with Crippen molar-refractivity contribution in [3.05, 3.63) is 23.8 Å². The highest BCUT2D eigenvalue weighted by atomic mass is 32.2. The van der Waals surface area contributed by atoms with Crippen molar-refractivity contribution in [1.29, 1.82) is 0 Å². The Balaban J connectivity index is 2.43. The SMILES string of the molecule is CC(=O)CCN1C(=O)C(C)(C)Sc2cc(C=O)ccc21. The maximum atomic E-state index is 12.5. The average molecular weight is 291 g/mol. The van der Waals surface area contributed by atoms with Crippen LogP contribution in [0.25, 0.3) is 0 Å². The third kappa shape index (κ3) is 2.77. The zero-order valence-electron chi connectivity index (χ0n) is 11.8. The van der Waals surface area contributed by atoms with Crippen molar-refractivity contribution in [2.24, 2.45) is 0 Å². The molecule has 0 saturated carbocycles. The third-order valence-corrected chi connectivity index (χ3v) is 4.46. The van der Waals surface area contributed by atoms with E-state index in [1.165, 1.54) is 18.7 Å². The molecule has 5 heteroatoms. The Kier molecular flexibility index (Phi) is 3.99. The van der Waals surface area contributed by atoms with Crippen LogP contribution in [0.2, 0.25) is 0 Å². The third-order valence-electron chi connectivity index (χ3n) is 3.22. The smallest absolute Gasteiger partial charge is 0.243 e. The number of carbonyl (C=O) groups excluding carboxylic acids is 3. The van der Waals surface area contributed by atoms with Crippen molar-refractivity contribution >= 4 is 35.4 Å². The van der Waals surface area contributed by atoms with Gasteiger partial charge in [0, 0.05) is 23.4 Å². The highest BCUT2D eigenvalue weighted by Gasteiger charge is 2.39. The number of thioether (sulfide) groups is 1. The molecule has 0 saturated heterocycles. The van der Waals surface area contributed by atoms with Crippen molar-refractivity contribution in [1.82, 2.24) is 0 Å². The topological polar surface area (TPSA) is 54.5 Å². The highest BCUT2D eigenvalue weighted by Crippen LogP contribution is 2.45. The maximum Gasteiger partial charge on any atom is 0.243 e. The molecule has 1 aliphatic rings. The monoisotopic (exact) mass is 291 g/mol. The molecule has 1 heterocycles. The Labute approximate surface area is 122 Å². The zero-order chi connectivity index (χ0) is 14.9. The van der Waals surface area contributed by atoms with Crippen LogP contribution < -0.4 is 4.90 Å². The highest BCUT2D eigenvalue weighted by molar-refractivity contribution is 8.01. The lowest BCUT2D eigenvalue weighted by atomic mass is 10.1. The summed E-state index contributed by atoms with van der Waals surface area (Å²) >= 11 is 1.45. The van der Waals surface area contributed by atoms with Crippen LogP contribution in [0.3, 0.4) is 0 Å². The molecule has 0 unspecified atom stereocenters. The molecule has 0 aliphatic carbocycles. The first-order valence-corrected chi connectivity index (χ1v) is 7.26. The number of carbonyl (C=O) groups is 3.